The fourth-order valence-corrected chi connectivity index (χ4v) is 2.13. The van der Waals surface area contributed by atoms with Crippen molar-refractivity contribution in [3.05, 3.63) is 23.2 Å². The fourth-order valence-electron chi connectivity index (χ4n) is 1.83. The molecular weight excluding hydrogens is 264 g/mol. The van der Waals surface area contributed by atoms with E-state index in [1.165, 1.54) is 0 Å². The minimum atomic E-state index is -0.0117. The van der Waals surface area contributed by atoms with Gasteiger partial charge in [-0.1, -0.05) is 0 Å². The molecule has 0 saturated heterocycles. The molecule has 0 aliphatic carbocycles. The summed E-state index contributed by atoms with van der Waals surface area (Å²) in [6.07, 6.45) is 3.81. The first-order chi connectivity index (χ1) is 9.22. The van der Waals surface area contributed by atoms with Gasteiger partial charge in [0.05, 0.1) is 23.8 Å². The first-order valence-corrected chi connectivity index (χ1v) is 6.41. The largest absolute Gasteiger partial charge is 0.383 e. The van der Waals surface area contributed by atoms with Gasteiger partial charge in [0, 0.05) is 32.8 Å². The molecule has 2 heterocycles. The highest BCUT2D eigenvalue weighted by Gasteiger charge is 2.06. The quantitative estimate of drug-likeness (QED) is 0.617. The number of aromatic amines is 1. The normalized spacial score (nSPS) is 10.8. The number of carbonyl (C=O) groups is 1. The zero-order valence-corrected chi connectivity index (χ0v) is 11.5. The Labute approximate surface area is 115 Å². The average Bonchev–Trinajstić information content (AvgIpc) is 2.72. The summed E-state index contributed by atoms with van der Waals surface area (Å²) in [6.45, 7) is 1.59. The van der Waals surface area contributed by atoms with Gasteiger partial charge < -0.3 is 19.6 Å². The number of rotatable bonds is 6. The summed E-state index contributed by atoms with van der Waals surface area (Å²) < 4.78 is 7.38. The van der Waals surface area contributed by atoms with E-state index in [0.29, 0.717) is 30.9 Å². The summed E-state index contributed by atoms with van der Waals surface area (Å²) in [7, 11) is 1.60. The molecule has 0 spiro atoms. The van der Waals surface area contributed by atoms with Gasteiger partial charge in [-0.05, 0) is 18.3 Å². The van der Waals surface area contributed by atoms with Crippen LogP contribution in [0.3, 0.4) is 0 Å². The molecule has 6 nitrogen and oxygen atoms in total. The maximum absolute atomic E-state index is 11.6. The zero-order chi connectivity index (χ0) is 13.7. The van der Waals surface area contributed by atoms with Crippen molar-refractivity contribution in [2.45, 2.75) is 13.0 Å². The first kappa shape index (κ1) is 13.7. The van der Waals surface area contributed by atoms with Gasteiger partial charge in [-0.15, -0.1) is 0 Å². The van der Waals surface area contributed by atoms with Gasteiger partial charge in [-0.2, -0.15) is 0 Å². The van der Waals surface area contributed by atoms with E-state index in [1.54, 1.807) is 19.5 Å². The topological polar surface area (TPSA) is 71.9 Å². The molecule has 0 aliphatic heterocycles. The molecule has 0 unspecified atom stereocenters. The fraction of sp³-hybridized carbons (Fsp3) is 0.417. The maximum Gasteiger partial charge on any atom is 0.221 e. The number of nitrogens with one attached hydrogen (secondary N) is 2. The number of carbonyl (C=O) groups excluding carboxylic acids is 1. The van der Waals surface area contributed by atoms with E-state index in [0.717, 1.165) is 11.0 Å². The van der Waals surface area contributed by atoms with E-state index >= 15 is 0 Å². The molecule has 0 bridgehead atoms. The molecular formula is C12H16N4O2S. The minimum Gasteiger partial charge on any atom is -0.383 e. The molecule has 102 valence electrons. The predicted octanol–water partition coefficient (Wildman–Crippen LogP) is 1.25. The monoisotopic (exact) mass is 280 g/mol. The van der Waals surface area contributed by atoms with Crippen LogP contribution in [0.5, 0.6) is 0 Å². The van der Waals surface area contributed by atoms with Crippen LogP contribution in [0.15, 0.2) is 18.5 Å². The Balaban J connectivity index is 2.00. The molecule has 19 heavy (non-hydrogen) atoms. The number of hydrogen-bond donors (Lipinski definition) is 2. The molecule has 1 amide bonds. The number of ether oxygens (including phenoxy) is 1. The van der Waals surface area contributed by atoms with Gasteiger partial charge >= 0.3 is 0 Å². The van der Waals surface area contributed by atoms with Crippen molar-refractivity contribution in [3.63, 3.8) is 0 Å². The number of hydrogen-bond acceptors (Lipinski definition) is 4. The van der Waals surface area contributed by atoms with E-state index in [-0.39, 0.29) is 5.91 Å². The Morgan fingerprint density at radius 2 is 2.47 bits per heavy atom. The lowest BCUT2D eigenvalue weighted by molar-refractivity contribution is -0.121. The van der Waals surface area contributed by atoms with E-state index in [4.69, 9.17) is 17.0 Å². The summed E-state index contributed by atoms with van der Waals surface area (Å²) in [5, 5.41) is 2.78. The Kier molecular flexibility index (Phi) is 4.64. The molecule has 0 atom stereocenters. The molecule has 2 aromatic heterocycles. The molecule has 2 aromatic rings. The van der Waals surface area contributed by atoms with Crippen molar-refractivity contribution in [3.8, 4) is 0 Å². The number of pyridine rings is 1. The predicted molar refractivity (Wildman–Crippen MR) is 74.4 cm³/mol. The summed E-state index contributed by atoms with van der Waals surface area (Å²) in [5.41, 5.74) is 1.84. The van der Waals surface area contributed by atoms with Crippen molar-refractivity contribution < 1.29 is 9.53 Å². The second-order valence-corrected chi connectivity index (χ2v) is 4.45. The third-order valence-electron chi connectivity index (χ3n) is 2.77. The smallest absolute Gasteiger partial charge is 0.221 e. The number of amides is 1. The van der Waals surface area contributed by atoms with Crippen LogP contribution in [0, 0.1) is 4.77 Å². The maximum atomic E-state index is 11.6. The standard InChI is InChI=1S/C12H16N4O2S/c1-18-7-5-14-11(17)3-6-16-10-2-4-13-8-9(10)15-12(16)19/h2,4,8H,3,5-7H2,1H3,(H,14,17)(H,15,19). The van der Waals surface area contributed by atoms with Crippen LogP contribution in [-0.2, 0) is 16.1 Å². The van der Waals surface area contributed by atoms with E-state index in [9.17, 15) is 4.79 Å². The number of fused-ring (bicyclic) bond motifs is 1. The van der Waals surface area contributed by atoms with Crippen LogP contribution in [0.25, 0.3) is 11.0 Å². The van der Waals surface area contributed by atoms with Crippen molar-refractivity contribution >= 4 is 29.2 Å². The van der Waals surface area contributed by atoms with Crippen molar-refractivity contribution in [2.24, 2.45) is 0 Å². The Hall–Kier alpha value is -1.73. The van der Waals surface area contributed by atoms with Crippen molar-refractivity contribution in [1.29, 1.82) is 0 Å². The third-order valence-corrected chi connectivity index (χ3v) is 3.09. The second kappa shape index (κ2) is 6.44. The lowest BCUT2D eigenvalue weighted by Crippen LogP contribution is -2.27. The Morgan fingerprint density at radius 1 is 1.63 bits per heavy atom. The number of H-pyrrole nitrogens is 1. The molecule has 7 heteroatoms. The SMILES string of the molecule is COCCNC(=O)CCn1c(=S)[nH]c2cnccc21. The molecule has 0 fully saturated rings. The van der Waals surface area contributed by atoms with Gasteiger partial charge in [-0.25, -0.2) is 0 Å². The van der Waals surface area contributed by atoms with Crippen molar-refractivity contribution in [2.75, 3.05) is 20.3 Å². The van der Waals surface area contributed by atoms with Gasteiger partial charge in [0.15, 0.2) is 4.77 Å². The summed E-state index contributed by atoms with van der Waals surface area (Å²) in [5.74, 6) is -0.0117. The number of imidazole rings is 1. The molecule has 0 radical (unpaired) electrons. The van der Waals surface area contributed by atoms with Crippen LogP contribution >= 0.6 is 12.2 Å². The van der Waals surface area contributed by atoms with Crippen molar-refractivity contribution in [1.82, 2.24) is 19.9 Å². The van der Waals surface area contributed by atoms with Crippen LogP contribution < -0.4 is 5.32 Å². The molecule has 0 aliphatic rings. The van der Waals surface area contributed by atoms with E-state index in [1.807, 2.05) is 10.6 Å². The van der Waals surface area contributed by atoms with Gasteiger partial charge in [0.2, 0.25) is 5.91 Å². The second-order valence-electron chi connectivity index (χ2n) is 4.07. The highest BCUT2D eigenvalue weighted by Crippen LogP contribution is 2.12. The number of aromatic nitrogens is 3. The van der Waals surface area contributed by atoms with Gasteiger partial charge in [0.1, 0.15) is 0 Å². The Morgan fingerprint density at radius 3 is 3.26 bits per heavy atom. The lowest BCUT2D eigenvalue weighted by Gasteiger charge is -2.06. The molecule has 2 rings (SSSR count). The lowest BCUT2D eigenvalue weighted by atomic mass is 10.3. The van der Waals surface area contributed by atoms with Crippen LogP contribution in [0.1, 0.15) is 6.42 Å². The number of nitrogens with zero attached hydrogens (tertiary/aromatic N) is 2. The Bertz CT molecular complexity index is 619. The number of methoxy groups -OCH3 is 1. The summed E-state index contributed by atoms with van der Waals surface area (Å²) in [4.78, 5) is 18.7. The third kappa shape index (κ3) is 3.39. The van der Waals surface area contributed by atoms with Crippen LogP contribution in [0.4, 0.5) is 0 Å². The van der Waals surface area contributed by atoms with Gasteiger partial charge in [0.25, 0.3) is 0 Å². The average molecular weight is 280 g/mol. The summed E-state index contributed by atoms with van der Waals surface area (Å²) >= 11 is 5.24. The van der Waals surface area contributed by atoms with E-state index in [2.05, 4.69) is 15.3 Å². The summed E-state index contributed by atoms with van der Waals surface area (Å²) in [6, 6.07) is 1.88. The van der Waals surface area contributed by atoms with Crippen LogP contribution in [-0.4, -0.2) is 40.7 Å². The number of aryl methyl sites for hydroxylation is 1. The van der Waals surface area contributed by atoms with Crippen LogP contribution in [0.2, 0.25) is 0 Å². The molecule has 2 N–H and O–H groups in total. The highest BCUT2D eigenvalue weighted by molar-refractivity contribution is 7.71. The highest BCUT2D eigenvalue weighted by atomic mass is 32.1. The zero-order valence-electron chi connectivity index (χ0n) is 10.7. The first-order valence-electron chi connectivity index (χ1n) is 6.00. The molecule has 0 aromatic carbocycles. The molecule has 0 saturated carbocycles. The van der Waals surface area contributed by atoms with Gasteiger partial charge in [-0.3, -0.25) is 9.78 Å². The minimum absolute atomic E-state index is 0.0117. The van der Waals surface area contributed by atoms with E-state index < -0.39 is 0 Å².